The summed E-state index contributed by atoms with van der Waals surface area (Å²) in [6.45, 7) is 1.04. The smallest absolute Gasteiger partial charge is 0.182 e. The Balaban J connectivity index is 3.47. The molecule has 5 heteroatoms. The van der Waals surface area contributed by atoms with Crippen LogP contribution in [0.15, 0.2) is 10.5 Å². The number of hydrogen-bond acceptors (Lipinski definition) is 2. The molecule has 14 heavy (non-hydrogen) atoms. The second-order valence-electron chi connectivity index (χ2n) is 2.81. The summed E-state index contributed by atoms with van der Waals surface area (Å²) >= 11 is 2.89. The number of halogens is 3. The fraction of sp³-hybridized carbons (Fsp3) is 0.222. The van der Waals surface area contributed by atoms with Crippen molar-refractivity contribution >= 4 is 21.7 Å². The molecule has 0 bridgehead atoms. The van der Waals surface area contributed by atoms with Crippen molar-refractivity contribution in [3.8, 4) is 0 Å². The third-order valence-corrected chi connectivity index (χ3v) is 2.38. The second-order valence-corrected chi connectivity index (χ2v) is 3.66. The minimum absolute atomic E-state index is 0.0631. The number of nitrogens with two attached hydrogens (primary N) is 1. The van der Waals surface area contributed by atoms with Crippen LogP contribution in [0.2, 0.25) is 0 Å². The summed E-state index contributed by atoms with van der Waals surface area (Å²) in [5.74, 6) is -2.49. The Morgan fingerprint density at radius 1 is 1.50 bits per heavy atom. The van der Waals surface area contributed by atoms with Gasteiger partial charge in [0.15, 0.2) is 11.6 Å². The van der Waals surface area contributed by atoms with Crippen molar-refractivity contribution in [2.45, 2.75) is 6.92 Å². The van der Waals surface area contributed by atoms with Crippen LogP contribution in [0.25, 0.3) is 0 Å². The molecule has 0 radical (unpaired) electrons. The van der Waals surface area contributed by atoms with Crippen molar-refractivity contribution in [2.75, 3.05) is 6.54 Å². The van der Waals surface area contributed by atoms with Gasteiger partial charge < -0.3 is 5.73 Å². The first-order chi connectivity index (χ1) is 6.49. The van der Waals surface area contributed by atoms with Crippen LogP contribution < -0.4 is 5.73 Å². The first-order valence-electron chi connectivity index (χ1n) is 3.86. The highest BCUT2D eigenvalue weighted by molar-refractivity contribution is 9.10. The highest BCUT2D eigenvalue weighted by atomic mass is 79.9. The molecular formula is C9H8BrF2NO. The molecule has 0 saturated heterocycles. The number of Topliss-reactive ketones (excluding diaryl/α,β-unsaturated/α-hetero) is 1. The third-order valence-electron chi connectivity index (χ3n) is 1.80. The molecule has 0 aromatic heterocycles. The van der Waals surface area contributed by atoms with Crippen LogP contribution in [0, 0.1) is 18.6 Å². The van der Waals surface area contributed by atoms with Gasteiger partial charge in [-0.25, -0.2) is 8.78 Å². The molecule has 0 aliphatic heterocycles. The highest BCUT2D eigenvalue weighted by Crippen LogP contribution is 2.24. The fourth-order valence-electron chi connectivity index (χ4n) is 1.08. The van der Waals surface area contributed by atoms with Crippen molar-refractivity contribution in [1.82, 2.24) is 0 Å². The van der Waals surface area contributed by atoms with E-state index >= 15 is 0 Å². The summed E-state index contributed by atoms with van der Waals surface area (Å²) in [6, 6.07) is 1.28. The zero-order valence-corrected chi connectivity index (χ0v) is 8.99. The van der Waals surface area contributed by atoms with E-state index in [0.29, 0.717) is 0 Å². The minimum atomic E-state index is -0.899. The first-order valence-corrected chi connectivity index (χ1v) is 4.65. The Labute approximate surface area is 88.2 Å². The molecule has 0 atom stereocenters. The van der Waals surface area contributed by atoms with Gasteiger partial charge in [0.05, 0.1) is 16.6 Å². The summed E-state index contributed by atoms with van der Waals surface area (Å²) in [5, 5.41) is 0. The Hall–Kier alpha value is -0.810. The zero-order valence-electron chi connectivity index (χ0n) is 7.40. The predicted octanol–water partition coefficient (Wildman–Crippen LogP) is 2.18. The number of ketones is 1. The van der Waals surface area contributed by atoms with E-state index in [2.05, 4.69) is 15.9 Å². The Bertz CT molecular complexity index is 367. The fourth-order valence-corrected chi connectivity index (χ4v) is 1.62. The molecule has 0 unspecified atom stereocenters. The van der Waals surface area contributed by atoms with Gasteiger partial charge in [0.25, 0.3) is 0 Å². The lowest BCUT2D eigenvalue weighted by Crippen LogP contribution is -2.17. The van der Waals surface area contributed by atoms with Gasteiger partial charge in [0, 0.05) is 0 Å². The van der Waals surface area contributed by atoms with E-state index in [4.69, 9.17) is 5.73 Å². The number of carbonyl (C=O) groups excluding carboxylic acids is 1. The molecule has 76 valence electrons. The lowest BCUT2D eigenvalue weighted by Gasteiger charge is -2.06. The summed E-state index contributed by atoms with van der Waals surface area (Å²) in [4.78, 5) is 11.1. The molecule has 0 amide bonds. The SMILES string of the molecule is Cc1cc(Br)c(F)c(C(=O)CN)c1F. The van der Waals surface area contributed by atoms with Crippen LogP contribution in [0.3, 0.4) is 0 Å². The summed E-state index contributed by atoms with van der Waals surface area (Å²) in [7, 11) is 0. The quantitative estimate of drug-likeness (QED) is 0.657. The van der Waals surface area contributed by atoms with Crippen LogP contribution in [0.5, 0.6) is 0 Å². The average Bonchev–Trinajstić information content (AvgIpc) is 2.15. The molecule has 2 N–H and O–H groups in total. The van der Waals surface area contributed by atoms with Crippen LogP contribution >= 0.6 is 15.9 Å². The van der Waals surface area contributed by atoms with Crippen LogP contribution in [-0.2, 0) is 0 Å². The largest absolute Gasteiger partial charge is 0.324 e. The zero-order chi connectivity index (χ0) is 10.9. The van der Waals surface area contributed by atoms with Gasteiger partial charge in [-0.15, -0.1) is 0 Å². The van der Waals surface area contributed by atoms with Crippen molar-refractivity contribution in [1.29, 1.82) is 0 Å². The molecule has 1 rings (SSSR count). The normalized spacial score (nSPS) is 10.4. The molecule has 0 spiro atoms. The molecule has 0 saturated carbocycles. The summed E-state index contributed by atoms with van der Waals surface area (Å²) < 4.78 is 26.7. The minimum Gasteiger partial charge on any atom is -0.324 e. The molecule has 1 aromatic rings. The van der Waals surface area contributed by atoms with Gasteiger partial charge in [-0.3, -0.25) is 4.79 Å². The van der Waals surface area contributed by atoms with E-state index < -0.39 is 29.5 Å². The topological polar surface area (TPSA) is 43.1 Å². The van der Waals surface area contributed by atoms with Crippen LogP contribution in [0.1, 0.15) is 15.9 Å². The molecule has 0 aliphatic carbocycles. The van der Waals surface area contributed by atoms with E-state index in [1.807, 2.05) is 0 Å². The Morgan fingerprint density at radius 3 is 2.57 bits per heavy atom. The van der Waals surface area contributed by atoms with E-state index in [1.54, 1.807) is 0 Å². The number of carbonyl (C=O) groups is 1. The average molecular weight is 264 g/mol. The number of aryl methyl sites for hydroxylation is 1. The molecule has 2 nitrogen and oxygen atoms in total. The van der Waals surface area contributed by atoms with Crippen molar-refractivity contribution in [3.05, 3.63) is 33.3 Å². The summed E-state index contributed by atoms with van der Waals surface area (Å²) in [5.41, 5.74) is 4.68. The van der Waals surface area contributed by atoms with Gasteiger partial charge in [-0.2, -0.15) is 0 Å². The number of hydrogen-bond donors (Lipinski definition) is 1. The molecule has 0 heterocycles. The summed E-state index contributed by atoms with van der Waals surface area (Å²) in [6.07, 6.45) is 0. The van der Waals surface area contributed by atoms with E-state index in [0.717, 1.165) is 0 Å². The molecule has 1 aromatic carbocycles. The monoisotopic (exact) mass is 263 g/mol. The van der Waals surface area contributed by atoms with Crippen molar-refractivity contribution < 1.29 is 13.6 Å². The third kappa shape index (κ3) is 1.83. The van der Waals surface area contributed by atoms with E-state index in [-0.39, 0.29) is 10.0 Å². The van der Waals surface area contributed by atoms with E-state index in [9.17, 15) is 13.6 Å². The maximum Gasteiger partial charge on any atom is 0.182 e. The van der Waals surface area contributed by atoms with Crippen LogP contribution in [0.4, 0.5) is 8.78 Å². The Morgan fingerprint density at radius 2 is 2.07 bits per heavy atom. The molecule has 0 fully saturated rings. The van der Waals surface area contributed by atoms with Gasteiger partial charge in [0.1, 0.15) is 5.82 Å². The lowest BCUT2D eigenvalue weighted by atomic mass is 10.1. The Kier molecular flexibility index (Phi) is 3.34. The lowest BCUT2D eigenvalue weighted by molar-refractivity contribution is 0.0993. The van der Waals surface area contributed by atoms with Gasteiger partial charge in [-0.05, 0) is 34.5 Å². The number of rotatable bonds is 2. The standard InChI is InChI=1S/C9H8BrF2NO/c1-4-2-5(10)9(12)7(8(4)11)6(14)3-13/h2H,3,13H2,1H3. The number of benzene rings is 1. The van der Waals surface area contributed by atoms with Crippen molar-refractivity contribution in [3.63, 3.8) is 0 Å². The van der Waals surface area contributed by atoms with Gasteiger partial charge in [0.2, 0.25) is 0 Å². The van der Waals surface area contributed by atoms with Gasteiger partial charge in [-0.1, -0.05) is 0 Å². The first kappa shape index (κ1) is 11.3. The maximum atomic E-state index is 13.3. The highest BCUT2D eigenvalue weighted by Gasteiger charge is 2.20. The predicted molar refractivity (Wildman–Crippen MR) is 52.2 cm³/mol. The second kappa shape index (κ2) is 4.14. The van der Waals surface area contributed by atoms with E-state index in [1.165, 1.54) is 13.0 Å². The van der Waals surface area contributed by atoms with Gasteiger partial charge >= 0.3 is 0 Å². The molecule has 0 aliphatic rings. The molecular weight excluding hydrogens is 256 g/mol. The van der Waals surface area contributed by atoms with Crippen LogP contribution in [-0.4, -0.2) is 12.3 Å². The van der Waals surface area contributed by atoms with Crippen molar-refractivity contribution in [2.24, 2.45) is 5.73 Å². The maximum absolute atomic E-state index is 13.3.